The molecule has 4 nitrogen and oxygen atoms in total. The molecule has 1 aromatic heterocycles. The summed E-state index contributed by atoms with van der Waals surface area (Å²) in [6.45, 7) is 1.58. The van der Waals surface area contributed by atoms with E-state index in [0.717, 1.165) is 6.07 Å². The van der Waals surface area contributed by atoms with E-state index in [-0.39, 0.29) is 27.1 Å². The van der Waals surface area contributed by atoms with Crippen LogP contribution in [0.1, 0.15) is 12.5 Å². The molecule has 0 bridgehead atoms. The lowest BCUT2D eigenvalue weighted by Gasteiger charge is -2.15. The molecule has 0 spiro atoms. The second-order valence-corrected chi connectivity index (χ2v) is 9.95. The number of alkyl halides is 3. The third-order valence-electron chi connectivity index (χ3n) is 5.23. The van der Waals surface area contributed by atoms with Gasteiger partial charge in [0.1, 0.15) is 5.82 Å². The van der Waals surface area contributed by atoms with Crippen molar-refractivity contribution in [3.8, 4) is 28.2 Å². The highest BCUT2D eigenvalue weighted by Crippen LogP contribution is 2.38. The molecule has 0 aliphatic rings. The van der Waals surface area contributed by atoms with Gasteiger partial charge >= 0.3 is 6.18 Å². The van der Waals surface area contributed by atoms with Crippen LogP contribution in [0.2, 0.25) is 5.02 Å². The van der Waals surface area contributed by atoms with Gasteiger partial charge in [-0.1, -0.05) is 54.9 Å². The molecule has 3 aromatic carbocycles. The van der Waals surface area contributed by atoms with Gasteiger partial charge in [-0.15, -0.1) is 0 Å². The van der Waals surface area contributed by atoms with Crippen LogP contribution in [0, 0.1) is 0 Å². The smallest absolute Gasteiger partial charge is 0.298 e. The molecule has 0 atom stereocenters. The van der Waals surface area contributed by atoms with Gasteiger partial charge in [0.05, 0.1) is 26.9 Å². The Morgan fingerprint density at radius 2 is 1.70 bits per heavy atom. The van der Waals surface area contributed by atoms with Crippen molar-refractivity contribution in [2.75, 3.05) is 5.75 Å². The van der Waals surface area contributed by atoms with Crippen molar-refractivity contribution in [1.29, 1.82) is 0 Å². The number of nitrogens with zero attached hydrogens (tertiary/aromatic N) is 2. The topological polar surface area (TPSA) is 52.0 Å². The van der Waals surface area contributed by atoms with Crippen LogP contribution >= 0.6 is 11.6 Å². The summed E-state index contributed by atoms with van der Waals surface area (Å²) in [4.78, 5) is 4.36. The van der Waals surface area contributed by atoms with Gasteiger partial charge in [0.15, 0.2) is 9.84 Å². The van der Waals surface area contributed by atoms with E-state index >= 15 is 0 Å². The lowest BCUT2D eigenvalue weighted by molar-refractivity contribution is -0.137. The van der Waals surface area contributed by atoms with Crippen LogP contribution in [0.5, 0.6) is 0 Å². The lowest BCUT2D eigenvalue weighted by atomic mass is 10.0. The van der Waals surface area contributed by atoms with Crippen LogP contribution in [0.4, 0.5) is 13.2 Å². The molecule has 0 aliphatic heterocycles. The molecule has 0 amide bonds. The number of benzene rings is 3. The van der Waals surface area contributed by atoms with E-state index in [9.17, 15) is 21.6 Å². The maximum Gasteiger partial charge on any atom is 0.417 e. The van der Waals surface area contributed by atoms with Gasteiger partial charge in [0.25, 0.3) is 0 Å². The first-order valence-electron chi connectivity index (χ1n) is 9.95. The molecule has 4 rings (SSSR count). The first kappa shape index (κ1) is 23.1. The molecule has 33 heavy (non-hydrogen) atoms. The second-order valence-electron chi connectivity index (χ2n) is 7.26. The van der Waals surface area contributed by atoms with E-state index in [4.69, 9.17) is 11.6 Å². The van der Waals surface area contributed by atoms with E-state index in [2.05, 4.69) is 4.98 Å². The van der Waals surface area contributed by atoms with Crippen LogP contribution in [0.15, 0.2) is 84.0 Å². The Labute approximate surface area is 194 Å². The molecule has 4 aromatic rings. The maximum absolute atomic E-state index is 13.5. The zero-order valence-electron chi connectivity index (χ0n) is 17.3. The van der Waals surface area contributed by atoms with Gasteiger partial charge in [-0.05, 0) is 41.5 Å². The fourth-order valence-electron chi connectivity index (χ4n) is 3.54. The standard InChI is InChI=1S/C24H18ClF3N2O2S/c1-2-33(31,32)18-7-5-6-16(14-18)17-10-11-22(21(25)15-17)30-13-12-29-23(30)19-8-3-4-9-20(19)24(26,27)28/h3-15H,2H2,1H3. The number of hydrogen-bond donors (Lipinski definition) is 0. The summed E-state index contributed by atoms with van der Waals surface area (Å²) in [6, 6.07) is 16.8. The highest BCUT2D eigenvalue weighted by molar-refractivity contribution is 7.91. The summed E-state index contributed by atoms with van der Waals surface area (Å²) >= 11 is 6.53. The summed E-state index contributed by atoms with van der Waals surface area (Å²) < 4.78 is 66.5. The second kappa shape index (κ2) is 8.68. The highest BCUT2D eigenvalue weighted by Gasteiger charge is 2.34. The predicted molar refractivity (Wildman–Crippen MR) is 122 cm³/mol. The molecule has 0 saturated carbocycles. The Bertz CT molecular complexity index is 1430. The number of hydrogen-bond acceptors (Lipinski definition) is 3. The summed E-state index contributed by atoms with van der Waals surface area (Å²) in [5.74, 6) is 0.0903. The van der Waals surface area contributed by atoms with Gasteiger partial charge < -0.3 is 0 Å². The first-order chi connectivity index (χ1) is 15.6. The maximum atomic E-state index is 13.5. The van der Waals surface area contributed by atoms with Gasteiger partial charge in [0, 0.05) is 18.0 Å². The summed E-state index contributed by atoms with van der Waals surface area (Å²) in [6.07, 6.45) is -1.59. The number of sulfone groups is 1. The normalized spacial score (nSPS) is 12.2. The number of imidazole rings is 1. The van der Waals surface area contributed by atoms with Crippen molar-refractivity contribution in [2.24, 2.45) is 0 Å². The zero-order chi connectivity index (χ0) is 23.8. The lowest BCUT2D eigenvalue weighted by Crippen LogP contribution is -2.09. The Kier molecular flexibility index (Phi) is 6.07. The monoisotopic (exact) mass is 490 g/mol. The van der Waals surface area contributed by atoms with Gasteiger partial charge in [-0.2, -0.15) is 13.2 Å². The Hall–Kier alpha value is -3.10. The van der Waals surface area contributed by atoms with Gasteiger partial charge in [-0.25, -0.2) is 13.4 Å². The molecule has 1 heterocycles. The molecule has 0 N–H and O–H groups in total. The molecular weight excluding hydrogens is 473 g/mol. The number of rotatable bonds is 5. The number of aromatic nitrogens is 2. The van der Waals surface area contributed by atoms with Crippen LogP contribution in [-0.4, -0.2) is 23.7 Å². The molecule has 9 heteroatoms. The van der Waals surface area contributed by atoms with Crippen LogP contribution in [-0.2, 0) is 16.0 Å². The van der Waals surface area contributed by atoms with Crippen molar-refractivity contribution < 1.29 is 21.6 Å². The third-order valence-corrected chi connectivity index (χ3v) is 7.26. The summed E-state index contributed by atoms with van der Waals surface area (Å²) in [5, 5.41) is 0.278. The van der Waals surface area contributed by atoms with E-state index < -0.39 is 21.6 Å². The number of halogens is 4. The quantitative estimate of drug-likeness (QED) is 0.314. The van der Waals surface area contributed by atoms with E-state index in [1.54, 1.807) is 43.3 Å². The van der Waals surface area contributed by atoms with E-state index in [1.165, 1.54) is 41.2 Å². The zero-order valence-corrected chi connectivity index (χ0v) is 18.9. The fraction of sp³-hybridized carbons (Fsp3) is 0.125. The Morgan fingerprint density at radius 3 is 2.39 bits per heavy atom. The third kappa shape index (κ3) is 4.54. The van der Waals surface area contributed by atoms with Crippen molar-refractivity contribution >= 4 is 21.4 Å². The average Bonchev–Trinajstić information content (AvgIpc) is 3.28. The molecule has 0 unspecified atom stereocenters. The average molecular weight is 491 g/mol. The van der Waals surface area contributed by atoms with Gasteiger partial charge in [0.2, 0.25) is 0 Å². The Balaban J connectivity index is 1.78. The van der Waals surface area contributed by atoms with Gasteiger partial charge in [-0.3, -0.25) is 4.57 Å². The fourth-order valence-corrected chi connectivity index (χ4v) is 4.74. The van der Waals surface area contributed by atoms with Crippen LogP contribution < -0.4 is 0 Å². The molecule has 0 aliphatic carbocycles. The van der Waals surface area contributed by atoms with Crippen molar-refractivity contribution in [1.82, 2.24) is 9.55 Å². The minimum absolute atomic E-state index is 0.0149. The molecule has 0 fully saturated rings. The highest BCUT2D eigenvalue weighted by atomic mass is 35.5. The predicted octanol–water partition coefficient (Wildman–Crippen LogP) is 6.67. The molecule has 170 valence electrons. The van der Waals surface area contributed by atoms with Crippen LogP contribution in [0.3, 0.4) is 0 Å². The largest absolute Gasteiger partial charge is 0.417 e. The Morgan fingerprint density at radius 1 is 0.970 bits per heavy atom. The van der Waals surface area contributed by atoms with Crippen molar-refractivity contribution in [2.45, 2.75) is 18.0 Å². The minimum Gasteiger partial charge on any atom is -0.298 e. The molecule has 0 saturated heterocycles. The van der Waals surface area contributed by atoms with E-state index in [0.29, 0.717) is 16.8 Å². The SMILES string of the molecule is CCS(=O)(=O)c1cccc(-c2ccc(-n3ccnc3-c3ccccc3C(F)(F)F)c(Cl)c2)c1. The van der Waals surface area contributed by atoms with Crippen molar-refractivity contribution in [3.05, 3.63) is 89.7 Å². The molecule has 0 radical (unpaired) electrons. The summed E-state index contributed by atoms with van der Waals surface area (Å²) in [5.41, 5.74) is 0.925. The van der Waals surface area contributed by atoms with E-state index in [1.807, 2.05) is 0 Å². The molecular formula is C24H18ClF3N2O2S. The first-order valence-corrected chi connectivity index (χ1v) is 12.0. The van der Waals surface area contributed by atoms with Crippen LogP contribution in [0.25, 0.3) is 28.2 Å². The minimum atomic E-state index is -4.54. The van der Waals surface area contributed by atoms with Crippen molar-refractivity contribution in [3.63, 3.8) is 0 Å². The summed E-state index contributed by atoms with van der Waals surface area (Å²) in [7, 11) is -3.37.